The lowest BCUT2D eigenvalue weighted by Crippen LogP contribution is -2.47. The lowest BCUT2D eigenvalue weighted by Gasteiger charge is -2.31. The van der Waals surface area contributed by atoms with Crippen molar-refractivity contribution in [3.63, 3.8) is 0 Å². The second-order valence-electron chi connectivity index (χ2n) is 6.77. The summed E-state index contributed by atoms with van der Waals surface area (Å²) in [5.41, 5.74) is 0.812. The van der Waals surface area contributed by atoms with Gasteiger partial charge in [-0.2, -0.15) is 0 Å². The Balaban J connectivity index is 1.87. The van der Waals surface area contributed by atoms with Crippen molar-refractivity contribution in [2.45, 2.75) is 38.6 Å². The summed E-state index contributed by atoms with van der Waals surface area (Å²) in [4.78, 5) is 12.3. The van der Waals surface area contributed by atoms with Crippen LogP contribution in [-0.2, 0) is 20.0 Å². The van der Waals surface area contributed by atoms with Gasteiger partial charge in [0.15, 0.2) is 0 Å². The van der Waals surface area contributed by atoms with E-state index in [-0.39, 0.29) is 17.7 Å². The number of nitrogens with zero attached hydrogens (tertiary/aromatic N) is 1. The second kappa shape index (κ2) is 9.03. The van der Waals surface area contributed by atoms with Crippen LogP contribution >= 0.6 is 0 Å². The van der Waals surface area contributed by atoms with Crippen LogP contribution in [0.2, 0.25) is 0 Å². The number of carbonyl (C=O) groups excluding carboxylic acids is 1. The maximum Gasteiger partial charge on any atom is 0.251 e. The number of sulfonamides is 2. The first-order valence-corrected chi connectivity index (χ1v) is 12.5. The van der Waals surface area contributed by atoms with Crippen LogP contribution in [0.25, 0.3) is 0 Å². The molecule has 0 aromatic heterocycles. The van der Waals surface area contributed by atoms with Crippen molar-refractivity contribution < 1.29 is 21.6 Å². The highest BCUT2D eigenvalue weighted by atomic mass is 32.2. The zero-order chi connectivity index (χ0) is 20.1. The lowest BCUT2D eigenvalue weighted by atomic mass is 10.1. The highest BCUT2D eigenvalue weighted by Crippen LogP contribution is 2.17. The Labute approximate surface area is 161 Å². The molecule has 0 spiro atoms. The first-order valence-electron chi connectivity index (χ1n) is 8.97. The Morgan fingerprint density at radius 1 is 1.11 bits per heavy atom. The fourth-order valence-electron chi connectivity index (χ4n) is 2.91. The van der Waals surface area contributed by atoms with Crippen molar-refractivity contribution in [2.75, 3.05) is 29.8 Å². The normalized spacial score (nSPS) is 16.8. The van der Waals surface area contributed by atoms with Gasteiger partial charge >= 0.3 is 0 Å². The van der Waals surface area contributed by atoms with Crippen LogP contribution in [0, 0.1) is 0 Å². The summed E-state index contributed by atoms with van der Waals surface area (Å²) < 4.78 is 50.7. The molecule has 27 heavy (non-hydrogen) atoms. The molecule has 0 radical (unpaired) electrons. The Morgan fingerprint density at radius 2 is 1.70 bits per heavy atom. The summed E-state index contributed by atoms with van der Waals surface area (Å²) in [6, 6.07) is 6.07. The molecule has 2 rings (SSSR count). The van der Waals surface area contributed by atoms with E-state index in [1.807, 2.05) is 6.92 Å². The van der Waals surface area contributed by atoms with Crippen molar-refractivity contribution in [1.29, 1.82) is 0 Å². The third kappa shape index (κ3) is 6.78. The van der Waals surface area contributed by atoms with Crippen molar-refractivity contribution in [3.05, 3.63) is 29.8 Å². The first-order chi connectivity index (χ1) is 12.6. The molecule has 1 saturated heterocycles. The van der Waals surface area contributed by atoms with Crippen LogP contribution in [-0.4, -0.2) is 58.2 Å². The molecule has 1 aliphatic rings. The average molecular weight is 418 g/mol. The summed E-state index contributed by atoms with van der Waals surface area (Å²) in [5, 5.41) is 2.92. The van der Waals surface area contributed by atoms with E-state index in [1.165, 1.54) is 16.4 Å². The number of rotatable bonds is 8. The fraction of sp³-hybridized carbons (Fsp3) is 0.588. The van der Waals surface area contributed by atoms with E-state index in [9.17, 15) is 21.6 Å². The monoisotopic (exact) mass is 417 g/mol. The van der Waals surface area contributed by atoms with Crippen LogP contribution < -0.4 is 10.0 Å². The minimum absolute atomic E-state index is 0.0797. The third-order valence-corrected chi connectivity index (χ3v) is 6.95. The van der Waals surface area contributed by atoms with Gasteiger partial charge in [-0.15, -0.1) is 0 Å². The number of benzene rings is 1. The molecule has 10 heteroatoms. The molecule has 8 nitrogen and oxygen atoms in total. The molecule has 152 valence electrons. The Morgan fingerprint density at radius 3 is 2.22 bits per heavy atom. The van der Waals surface area contributed by atoms with Gasteiger partial charge in [-0.3, -0.25) is 9.52 Å². The predicted molar refractivity (Wildman–Crippen MR) is 106 cm³/mol. The Hall–Kier alpha value is -1.65. The third-order valence-electron chi connectivity index (χ3n) is 4.39. The molecule has 2 N–H and O–H groups in total. The number of anilines is 1. The Kier molecular flexibility index (Phi) is 7.24. The summed E-state index contributed by atoms with van der Waals surface area (Å²) in [5.74, 6) is -0.0813. The second-order valence-corrected chi connectivity index (χ2v) is 10.6. The zero-order valence-electron chi connectivity index (χ0n) is 15.6. The van der Waals surface area contributed by atoms with E-state index in [0.717, 1.165) is 12.7 Å². The summed E-state index contributed by atoms with van der Waals surface area (Å²) in [7, 11) is -6.57. The maximum absolute atomic E-state index is 12.3. The van der Waals surface area contributed by atoms with Gasteiger partial charge in [-0.1, -0.05) is 13.3 Å². The number of hydrogen-bond acceptors (Lipinski definition) is 5. The molecule has 1 aliphatic heterocycles. The van der Waals surface area contributed by atoms with E-state index >= 15 is 0 Å². The molecule has 1 aromatic rings. The van der Waals surface area contributed by atoms with Gasteiger partial charge in [0.05, 0.1) is 12.0 Å². The van der Waals surface area contributed by atoms with Gasteiger partial charge in [0.25, 0.3) is 5.91 Å². The van der Waals surface area contributed by atoms with Crippen molar-refractivity contribution >= 4 is 31.6 Å². The predicted octanol–water partition coefficient (Wildman–Crippen LogP) is 1.38. The highest BCUT2D eigenvalue weighted by molar-refractivity contribution is 7.92. The molecular formula is C17H27N3O5S2. The molecule has 0 saturated carbocycles. The number of nitrogens with one attached hydrogen (secondary N) is 2. The molecule has 1 fully saturated rings. The maximum atomic E-state index is 12.3. The quantitative estimate of drug-likeness (QED) is 0.664. The van der Waals surface area contributed by atoms with Crippen molar-refractivity contribution in [2.24, 2.45) is 0 Å². The van der Waals surface area contributed by atoms with Crippen molar-refractivity contribution in [3.8, 4) is 0 Å². The molecule has 0 bridgehead atoms. The highest BCUT2D eigenvalue weighted by Gasteiger charge is 2.28. The number of amides is 1. The van der Waals surface area contributed by atoms with Gasteiger partial charge in [0.1, 0.15) is 0 Å². The van der Waals surface area contributed by atoms with Crippen LogP contribution in [0.5, 0.6) is 0 Å². The molecule has 1 aromatic carbocycles. The lowest BCUT2D eigenvalue weighted by molar-refractivity contribution is 0.0924. The topological polar surface area (TPSA) is 113 Å². The Bertz CT molecular complexity index is 843. The largest absolute Gasteiger partial charge is 0.349 e. The number of carbonyl (C=O) groups is 1. The molecule has 1 heterocycles. The smallest absolute Gasteiger partial charge is 0.251 e. The number of hydrogen-bond donors (Lipinski definition) is 2. The summed E-state index contributed by atoms with van der Waals surface area (Å²) >= 11 is 0. The van der Waals surface area contributed by atoms with Gasteiger partial charge in [0.2, 0.25) is 20.0 Å². The van der Waals surface area contributed by atoms with E-state index < -0.39 is 20.0 Å². The summed E-state index contributed by atoms with van der Waals surface area (Å²) in [6.07, 6.45) is 3.70. The van der Waals surface area contributed by atoms with E-state index in [4.69, 9.17) is 0 Å². The van der Waals surface area contributed by atoms with E-state index in [1.54, 1.807) is 12.1 Å². The molecule has 0 aliphatic carbocycles. The van der Waals surface area contributed by atoms with Crippen LogP contribution in [0.3, 0.4) is 0 Å². The minimum Gasteiger partial charge on any atom is -0.349 e. The number of piperidine rings is 1. The number of unbranched alkanes of at least 4 members (excludes halogenated alkanes) is 1. The van der Waals surface area contributed by atoms with E-state index in [2.05, 4.69) is 10.0 Å². The zero-order valence-corrected chi connectivity index (χ0v) is 17.3. The minimum atomic E-state index is -3.36. The molecule has 1 amide bonds. The molecule has 0 unspecified atom stereocenters. The first kappa shape index (κ1) is 21.6. The van der Waals surface area contributed by atoms with Gasteiger partial charge < -0.3 is 5.32 Å². The van der Waals surface area contributed by atoms with E-state index in [0.29, 0.717) is 43.6 Å². The van der Waals surface area contributed by atoms with Crippen LogP contribution in [0.15, 0.2) is 24.3 Å². The van der Waals surface area contributed by atoms with Gasteiger partial charge in [-0.05, 0) is 43.5 Å². The standard InChI is InChI=1S/C17H27N3O5S2/c1-3-4-13-27(24,25)20-11-9-15(10-12-20)18-17(21)14-5-7-16(8-6-14)19-26(2,22)23/h5-8,15,19H,3-4,9-13H2,1-2H3,(H,18,21). The average Bonchev–Trinajstić information content (AvgIpc) is 2.59. The molecular weight excluding hydrogens is 390 g/mol. The van der Waals surface area contributed by atoms with Crippen LogP contribution in [0.1, 0.15) is 43.0 Å². The van der Waals surface area contributed by atoms with Crippen LogP contribution in [0.4, 0.5) is 5.69 Å². The SMILES string of the molecule is CCCCS(=O)(=O)N1CCC(NC(=O)c2ccc(NS(C)(=O)=O)cc2)CC1. The van der Waals surface area contributed by atoms with Crippen molar-refractivity contribution in [1.82, 2.24) is 9.62 Å². The van der Waals surface area contributed by atoms with Gasteiger partial charge in [0, 0.05) is 30.4 Å². The fourth-order valence-corrected chi connectivity index (χ4v) is 5.15. The van der Waals surface area contributed by atoms with Gasteiger partial charge in [-0.25, -0.2) is 21.1 Å². The molecule has 0 atom stereocenters. The summed E-state index contributed by atoms with van der Waals surface area (Å²) in [6.45, 7) is 2.78.